The Hall–Kier alpha value is -1.54. The summed E-state index contributed by atoms with van der Waals surface area (Å²) in [6, 6.07) is 11.2. The minimum absolute atomic E-state index is 0. The van der Waals surface area contributed by atoms with Crippen molar-refractivity contribution in [2.75, 3.05) is 0 Å². The van der Waals surface area contributed by atoms with Gasteiger partial charge in [0.1, 0.15) is 5.82 Å². The van der Waals surface area contributed by atoms with Crippen molar-refractivity contribution >= 4 is 62.2 Å². The molecule has 8 heteroatoms. The van der Waals surface area contributed by atoms with Gasteiger partial charge < -0.3 is 4.74 Å². The SMILES string of the molecule is CC(=O)Oc1nn(Cc2ccc(Br)cc2F)c(=O)c2ccccc12.[Na]. The summed E-state index contributed by atoms with van der Waals surface area (Å²) < 4.78 is 20.8. The molecule has 2 aromatic carbocycles. The van der Waals surface area contributed by atoms with Gasteiger partial charge in [-0.25, -0.2) is 9.07 Å². The van der Waals surface area contributed by atoms with Gasteiger partial charge in [0, 0.05) is 46.5 Å². The molecule has 0 amide bonds. The fourth-order valence-corrected chi connectivity index (χ4v) is 2.67. The molecule has 0 fully saturated rings. The van der Waals surface area contributed by atoms with E-state index >= 15 is 0 Å². The van der Waals surface area contributed by atoms with Crippen LogP contribution in [0.4, 0.5) is 4.39 Å². The number of benzene rings is 2. The third kappa shape index (κ3) is 4.36. The topological polar surface area (TPSA) is 61.2 Å². The summed E-state index contributed by atoms with van der Waals surface area (Å²) in [4.78, 5) is 23.9. The van der Waals surface area contributed by atoms with Crippen LogP contribution in [0.2, 0.25) is 0 Å². The molecule has 0 N–H and O–H groups in total. The first kappa shape index (κ1) is 19.8. The molecule has 0 aliphatic carbocycles. The minimum atomic E-state index is -0.548. The maximum Gasteiger partial charge on any atom is 0.309 e. The number of hydrogen-bond donors (Lipinski definition) is 0. The Labute approximate surface area is 173 Å². The van der Waals surface area contributed by atoms with Crippen molar-refractivity contribution in [3.63, 3.8) is 0 Å². The van der Waals surface area contributed by atoms with Crippen LogP contribution in [0.3, 0.4) is 0 Å². The van der Waals surface area contributed by atoms with Gasteiger partial charge in [0.25, 0.3) is 5.56 Å². The van der Waals surface area contributed by atoms with Crippen LogP contribution < -0.4 is 10.3 Å². The van der Waals surface area contributed by atoms with Crippen LogP contribution in [0.5, 0.6) is 5.88 Å². The number of carbonyl (C=O) groups excluding carboxylic acids is 1. The molecule has 3 rings (SSSR count). The van der Waals surface area contributed by atoms with Crippen molar-refractivity contribution in [1.82, 2.24) is 9.78 Å². The quantitative estimate of drug-likeness (QED) is 0.489. The van der Waals surface area contributed by atoms with Gasteiger partial charge in [-0.1, -0.05) is 34.1 Å². The molecule has 1 aromatic heterocycles. The first-order valence-electron chi connectivity index (χ1n) is 7.08. The average Bonchev–Trinajstić information content (AvgIpc) is 2.54. The van der Waals surface area contributed by atoms with E-state index in [0.29, 0.717) is 20.8 Å². The molecule has 0 saturated heterocycles. The summed E-state index contributed by atoms with van der Waals surface area (Å²) >= 11 is 3.19. The molecule has 0 bridgehead atoms. The van der Waals surface area contributed by atoms with E-state index in [1.54, 1.807) is 36.4 Å². The standard InChI is InChI=1S/C17H12BrFN2O3.Na/c1-10(22)24-16-13-4-2-3-5-14(13)17(23)21(20-16)9-11-6-7-12(18)8-15(11)19;/h2-8H,9H2,1H3;. The van der Waals surface area contributed by atoms with Crippen molar-refractivity contribution in [1.29, 1.82) is 0 Å². The second-order valence-electron chi connectivity index (χ2n) is 5.14. The third-order valence-electron chi connectivity index (χ3n) is 3.41. The molecule has 0 aliphatic heterocycles. The van der Waals surface area contributed by atoms with Crippen LogP contribution in [-0.4, -0.2) is 45.3 Å². The summed E-state index contributed by atoms with van der Waals surface area (Å²) in [5, 5.41) is 4.87. The van der Waals surface area contributed by atoms with Crippen LogP contribution in [0.25, 0.3) is 10.8 Å². The third-order valence-corrected chi connectivity index (χ3v) is 3.90. The maximum atomic E-state index is 14.0. The number of esters is 1. The van der Waals surface area contributed by atoms with Crippen molar-refractivity contribution in [3.05, 3.63) is 68.7 Å². The Kier molecular flexibility index (Phi) is 6.51. The van der Waals surface area contributed by atoms with Gasteiger partial charge in [-0.2, -0.15) is 0 Å². The monoisotopic (exact) mass is 413 g/mol. The smallest absolute Gasteiger partial charge is 0.309 e. The van der Waals surface area contributed by atoms with Gasteiger partial charge in [0.05, 0.1) is 17.3 Å². The fraction of sp³-hybridized carbons (Fsp3) is 0.118. The number of hydrogen-bond acceptors (Lipinski definition) is 4. The molecule has 25 heavy (non-hydrogen) atoms. The van der Waals surface area contributed by atoms with E-state index < -0.39 is 11.8 Å². The number of rotatable bonds is 3. The minimum Gasteiger partial charge on any atom is -0.405 e. The maximum absolute atomic E-state index is 14.0. The van der Waals surface area contributed by atoms with E-state index in [9.17, 15) is 14.0 Å². The van der Waals surface area contributed by atoms with E-state index in [1.165, 1.54) is 13.0 Å². The summed E-state index contributed by atoms with van der Waals surface area (Å²) in [5.41, 5.74) is -0.0827. The molecule has 5 nitrogen and oxygen atoms in total. The summed E-state index contributed by atoms with van der Waals surface area (Å²) in [5.74, 6) is -0.983. The fourth-order valence-electron chi connectivity index (χ4n) is 2.33. The molecule has 123 valence electrons. The zero-order chi connectivity index (χ0) is 17.3. The van der Waals surface area contributed by atoms with Gasteiger partial charge in [-0.15, -0.1) is 5.10 Å². The molecule has 0 saturated carbocycles. The van der Waals surface area contributed by atoms with Crippen LogP contribution in [0.15, 0.2) is 51.7 Å². The van der Waals surface area contributed by atoms with Gasteiger partial charge >= 0.3 is 5.97 Å². The first-order chi connectivity index (χ1) is 11.5. The molecule has 3 aromatic rings. The van der Waals surface area contributed by atoms with E-state index in [4.69, 9.17) is 4.74 Å². The van der Waals surface area contributed by atoms with Crippen molar-refractivity contribution < 1.29 is 13.9 Å². The number of halogens is 2. The van der Waals surface area contributed by atoms with Gasteiger partial charge in [-0.3, -0.25) is 9.59 Å². The molecule has 0 spiro atoms. The van der Waals surface area contributed by atoms with Crippen LogP contribution in [0, 0.1) is 5.82 Å². The summed E-state index contributed by atoms with van der Waals surface area (Å²) in [7, 11) is 0. The van der Waals surface area contributed by atoms with E-state index in [1.807, 2.05) is 0 Å². The van der Waals surface area contributed by atoms with Crippen LogP contribution in [-0.2, 0) is 11.3 Å². The Bertz CT molecular complexity index is 1010. The summed E-state index contributed by atoms with van der Waals surface area (Å²) in [6.07, 6.45) is 0. The normalized spacial score (nSPS) is 10.4. The molecule has 1 radical (unpaired) electrons. The molecule has 0 atom stereocenters. The van der Waals surface area contributed by atoms with Crippen LogP contribution in [0.1, 0.15) is 12.5 Å². The van der Waals surface area contributed by atoms with Crippen molar-refractivity contribution in [3.8, 4) is 5.88 Å². The predicted octanol–water partition coefficient (Wildman–Crippen LogP) is 2.89. The number of aromatic nitrogens is 2. The van der Waals surface area contributed by atoms with E-state index in [2.05, 4.69) is 21.0 Å². The molecular weight excluding hydrogens is 402 g/mol. The Morgan fingerprint density at radius 1 is 1.24 bits per heavy atom. The van der Waals surface area contributed by atoms with Gasteiger partial charge in [0.2, 0.25) is 5.88 Å². The van der Waals surface area contributed by atoms with E-state index in [-0.39, 0.29) is 47.5 Å². The molecule has 0 aliphatic rings. The Morgan fingerprint density at radius 2 is 1.92 bits per heavy atom. The Balaban J connectivity index is 0.00000225. The molecule has 1 heterocycles. The molecular formula is C17H12BrFN2NaO3. The van der Waals surface area contributed by atoms with Gasteiger partial charge in [-0.05, 0) is 24.3 Å². The zero-order valence-corrected chi connectivity index (χ0v) is 17.2. The second kappa shape index (κ2) is 8.23. The summed E-state index contributed by atoms with van der Waals surface area (Å²) in [6.45, 7) is 1.18. The molecule has 0 unspecified atom stereocenters. The van der Waals surface area contributed by atoms with Crippen LogP contribution >= 0.6 is 15.9 Å². The number of nitrogens with zero attached hydrogens (tertiary/aromatic N) is 2. The van der Waals surface area contributed by atoms with E-state index in [0.717, 1.165) is 4.68 Å². The van der Waals surface area contributed by atoms with Crippen molar-refractivity contribution in [2.45, 2.75) is 13.5 Å². The largest absolute Gasteiger partial charge is 0.405 e. The van der Waals surface area contributed by atoms with Gasteiger partial charge in [0.15, 0.2) is 0 Å². The number of ether oxygens (including phenoxy) is 1. The number of carbonyl (C=O) groups is 1. The van der Waals surface area contributed by atoms with Crippen molar-refractivity contribution in [2.24, 2.45) is 0 Å². The average molecular weight is 414 g/mol. The first-order valence-corrected chi connectivity index (χ1v) is 7.87. The second-order valence-corrected chi connectivity index (χ2v) is 6.06. The predicted molar refractivity (Wildman–Crippen MR) is 96.3 cm³/mol. The zero-order valence-electron chi connectivity index (χ0n) is 13.6. The Morgan fingerprint density at radius 3 is 2.56 bits per heavy atom. The number of fused-ring (bicyclic) bond motifs is 1.